The summed E-state index contributed by atoms with van der Waals surface area (Å²) < 4.78 is 0. The maximum Gasteiger partial charge on any atom is 0.0541 e. The Kier molecular flexibility index (Phi) is 2.34. The minimum Gasteiger partial charge on any atom is -0.307 e. The molecule has 1 saturated carbocycles. The van der Waals surface area contributed by atoms with Gasteiger partial charge < -0.3 is 5.32 Å². The summed E-state index contributed by atoms with van der Waals surface area (Å²) in [5.41, 5.74) is 1.93. The Balaban J connectivity index is 1.92. The monoisotopic (exact) mass is 204 g/mol. The first kappa shape index (κ1) is 10.6. The fraction of sp³-hybridized carbons (Fsp3) is 0.615. The maximum absolute atomic E-state index is 4.31. The molecule has 2 nitrogen and oxygen atoms in total. The summed E-state index contributed by atoms with van der Waals surface area (Å²) in [6.07, 6.45) is 1.85. The average molecular weight is 204 g/mol. The van der Waals surface area contributed by atoms with Crippen molar-refractivity contribution >= 4 is 0 Å². The number of nitrogens with zero attached hydrogens (tertiary/aromatic N) is 1. The molecule has 0 unspecified atom stereocenters. The second kappa shape index (κ2) is 3.31. The van der Waals surface area contributed by atoms with Crippen LogP contribution < -0.4 is 5.32 Å². The Morgan fingerprint density at radius 2 is 1.87 bits per heavy atom. The van der Waals surface area contributed by atoms with Gasteiger partial charge in [0.25, 0.3) is 0 Å². The van der Waals surface area contributed by atoms with Gasteiger partial charge in [-0.25, -0.2) is 0 Å². The van der Waals surface area contributed by atoms with Crippen LogP contribution in [-0.2, 0) is 6.54 Å². The van der Waals surface area contributed by atoms with Gasteiger partial charge in [-0.05, 0) is 23.0 Å². The maximum atomic E-state index is 4.31. The summed E-state index contributed by atoms with van der Waals surface area (Å²) in [4.78, 5) is 4.31. The normalized spacial score (nSPS) is 22.7. The zero-order valence-electron chi connectivity index (χ0n) is 10.0. The van der Waals surface area contributed by atoms with Gasteiger partial charge in [0.15, 0.2) is 0 Å². The lowest BCUT2D eigenvalue weighted by Gasteiger charge is -2.05. The van der Waals surface area contributed by atoms with E-state index >= 15 is 0 Å². The number of hydrogen-bond donors (Lipinski definition) is 1. The van der Waals surface area contributed by atoms with Crippen molar-refractivity contribution in [2.24, 2.45) is 10.8 Å². The molecule has 1 fully saturated rings. The van der Waals surface area contributed by atoms with Crippen LogP contribution >= 0.6 is 0 Å². The van der Waals surface area contributed by atoms with Gasteiger partial charge >= 0.3 is 0 Å². The third kappa shape index (κ3) is 1.67. The molecule has 1 N–H and O–H groups in total. The lowest BCUT2D eigenvalue weighted by molar-refractivity contribution is 0.457. The highest BCUT2D eigenvalue weighted by Gasteiger charge is 2.64. The van der Waals surface area contributed by atoms with Crippen molar-refractivity contribution in [2.75, 3.05) is 0 Å². The van der Waals surface area contributed by atoms with Crippen LogP contribution in [0.5, 0.6) is 0 Å². The van der Waals surface area contributed by atoms with Crippen molar-refractivity contribution in [1.29, 1.82) is 0 Å². The smallest absolute Gasteiger partial charge is 0.0541 e. The Hall–Kier alpha value is -0.890. The SMILES string of the molecule is CC1(C)C(NCc2ccccn2)C1(C)C. The fourth-order valence-corrected chi connectivity index (χ4v) is 2.42. The van der Waals surface area contributed by atoms with Crippen LogP contribution in [0, 0.1) is 10.8 Å². The third-order valence-corrected chi connectivity index (χ3v) is 4.23. The van der Waals surface area contributed by atoms with Gasteiger partial charge in [-0.3, -0.25) is 4.98 Å². The van der Waals surface area contributed by atoms with Gasteiger partial charge in [0.1, 0.15) is 0 Å². The Bertz CT molecular complexity index is 327. The highest BCUT2D eigenvalue weighted by atomic mass is 15.0. The highest BCUT2D eigenvalue weighted by molar-refractivity contribution is 5.18. The molecule has 0 saturated heterocycles. The number of pyridine rings is 1. The predicted molar refractivity (Wildman–Crippen MR) is 62.4 cm³/mol. The summed E-state index contributed by atoms with van der Waals surface area (Å²) in [5.74, 6) is 0. The minimum absolute atomic E-state index is 0.405. The van der Waals surface area contributed by atoms with Crippen molar-refractivity contribution in [1.82, 2.24) is 10.3 Å². The summed E-state index contributed by atoms with van der Waals surface area (Å²) in [6, 6.07) is 6.66. The molecule has 0 amide bonds. The largest absolute Gasteiger partial charge is 0.307 e. The standard InChI is InChI=1S/C13H20N2/c1-12(2)11(13(12,3)4)15-9-10-7-5-6-8-14-10/h5-8,11,15H,9H2,1-4H3. The minimum atomic E-state index is 0.405. The fourth-order valence-electron chi connectivity index (χ4n) is 2.42. The molecule has 1 heterocycles. The van der Waals surface area contributed by atoms with Gasteiger partial charge in [-0.15, -0.1) is 0 Å². The van der Waals surface area contributed by atoms with E-state index in [1.54, 1.807) is 0 Å². The molecule has 1 aliphatic rings. The molecule has 1 aromatic heterocycles. The first-order valence-electron chi connectivity index (χ1n) is 5.59. The molecule has 0 atom stereocenters. The number of hydrogen-bond acceptors (Lipinski definition) is 2. The van der Waals surface area contributed by atoms with Gasteiger partial charge in [0.05, 0.1) is 5.69 Å². The molecule has 2 heteroatoms. The van der Waals surface area contributed by atoms with E-state index in [-0.39, 0.29) is 0 Å². The molecule has 1 aromatic rings. The van der Waals surface area contributed by atoms with Crippen molar-refractivity contribution < 1.29 is 0 Å². The predicted octanol–water partition coefficient (Wildman–Crippen LogP) is 2.61. The summed E-state index contributed by atoms with van der Waals surface area (Å²) in [6.45, 7) is 10.2. The van der Waals surface area contributed by atoms with Crippen molar-refractivity contribution in [2.45, 2.75) is 40.3 Å². The van der Waals surface area contributed by atoms with E-state index in [4.69, 9.17) is 0 Å². The van der Waals surface area contributed by atoms with Crippen molar-refractivity contribution in [3.8, 4) is 0 Å². The van der Waals surface area contributed by atoms with E-state index in [1.807, 2.05) is 18.3 Å². The van der Waals surface area contributed by atoms with Crippen molar-refractivity contribution in [3.05, 3.63) is 30.1 Å². The molecular formula is C13H20N2. The summed E-state index contributed by atoms with van der Waals surface area (Å²) >= 11 is 0. The molecule has 0 spiro atoms. The Morgan fingerprint density at radius 3 is 2.33 bits per heavy atom. The van der Waals surface area contributed by atoms with E-state index in [1.165, 1.54) is 0 Å². The van der Waals surface area contributed by atoms with Crippen LogP contribution in [0.1, 0.15) is 33.4 Å². The van der Waals surface area contributed by atoms with E-state index < -0.39 is 0 Å². The first-order valence-corrected chi connectivity index (χ1v) is 5.59. The Labute approximate surface area is 92.1 Å². The molecule has 0 bridgehead atoms. The summed E-state index contributed by atoms with van der Waals surface area (Å²) in [7, 11) is 0. The number of rotatable bonds is 3. The zero-order chi connectivity index (χ0) is 11.1. The van der Waals surface area contributed by atoms with E-state index in [2.05, 4.69) is 44.1 Å². The molecule has 82 valence electrons. The summed E-state index contributed by atoms with van der Waals surface area (Å²) in [5, 5.41) is 3.59. The molecule has 1 aliphatic carbocycles. The average Bonchev–Trinajstić information content (AvgIpc) is 2.57. The second-order valence-corrected chi connectivity index (χ2v) is 5.58. The molecule has 0 radical (unpaired) electrons. The van der Waals surface area contributed by atoms with Gasteiger partial charge in [-0.1, -0.05) is 33.8 Å². The van der Waals surface area contributed by atoms with Gasteiger partial charge in [-0.2, -0.15) is 0 Å². The molecular weight excluding hydrogens is 184 g/mol. The molecule has 0 aromatic carbocycles. The van der Waals surface area contributed by atoms with Gasteiger partial charge in [0.2, 0.25) is 0 Å². The molecule has 0 aliphatic heterocycles. The highest BCUT2D eigenvalue weighted by Crippen LogP contribution is 2.62. The van der Waals surface area contributed by atoms with Crippen LogP contribution in [0.2, 0.25) is 0 Å². The first-order chi connectivity index (χ1) is 6.96. The quantitative estimate of drug-likeness (QED) is 0.818. The van der Waals surface area contributed by atoms with Crippen LogP contribution in [0.3, 0.4) is 0 Å². The van der Waals surface area contributed by atoms with Gasteiger partial charge in [0, 0.05) is 18.8 Å². The lowest BCUT2D eigenvalue weighted by Crippen LogP contribution is -2.22. The zero-order valence-corrected chi connectivity index (χ0v) is 10.0. The van der Waals surface area contributed by atoms with E-state index in [0.29, 0.717) is 16.9 Å². The topological polar surface area (TPSA) is 24.9 Å². The van der Waals surface area contributed by atoms with Crippen LogP contribution in [0.25, 0.3) is 0 Å². The van der Waals surface area contributed by atoms with Crippen LogP contribution in [0.15, 0.2) is 24.4 Å². The number of nitrogens with one attached hydrogen (secondary N) is 1. The van der Waals surface area contributed by atoms with Crippen molar-refractivity contribution in [3.63, 3.8) is 0 Å². The van der Waals surface area contributed by atoms with E-state index in [0.717, 1.165) is 12.2 Å². The number of aromatic nitrogens is 1. The Morgan fingerprint density at radius 1 is 1.20 bits per heavy atom. The van der Waals surface area contributed by atoms with E-state index in [9.17, 15) is 0 Å². The van der Waals surface area contributed by atoms with Crippen LogP contribution in [-0.4, -0.2) is 11.0 Å². The molecule has 15 heavy (non-hydrogen) atoms. The molecule has 2 rings (SSSR count). The lowest BCUT2D eigenvalue weighted by atomic mass is 10.0. The second-order valence-electron chi connectivity index (χ2n) is 5.58. The van der Waals surface area contributed by atoms with Crippen LogP contribution in [0.4, 0.5) is 0 Å². The third-order valence-electron chi connectivity index (χ3n) is 4.23.